The Morgan fingerprint density at radius 3 is 1.62 bits per heavy atom. The highest BCUT2D eigenvalue weighted by Gasteiger charge is 2.54. The Hall–Kier alpha value is -0.450. The van der Waals surface area contributed by atoms with Crippen molar-refractivity contribution in [1.29, 1.82) is 0 Å². The summed E-state index contributed by atoms with van der Waals surface area (Å²) in [5, 5.41) is 0. The molecule has 0 spiro atoms. The summed E-state index contributed by atoms with van der Waals surface area (Å²) >= 11 is 0. The van der Waals surface area contributed by atoms with E-state index in [-0.39, 0.29) is 28.7 Å². The van der Waals surface area contributed by atoms with Crippen molar-refractivity contribution in [3.05, 3.63) is 0 Å². The predicted octanol–water partition coefficient (Wildman–Crippen LogP) is 0.208. The Morgan fingerprint density at radius 2 is 1.38 bits per heavy atom. The van der Waals surface area contributed by atoms with Crippen LogP contribution < -0.4 is 11.5 Å². The molecular formula is C12H25N3O. The van der Waals surface area contributed by atoms with Gasteiger partial charge in [0.25, 0.3) is 0 Å². The standard InChI is InChI=1S/C12H25N3O/c1-11(2)8(6-13)10(16)9(7-14)12(3,4)15(11)5/h8-9H,6-7,13-14H2,1-5H3. The third-order valence-corrected chi connectivity index (χ3v) is 4.59. The number of Topliss-reactive ketones (excluding diaryl/α,β-unsaturated/α-hetero) is 1. The van der Waals surface area contributed by atoms with Gasteiger partial charge in [0.15, 0.2) is 0 Å². The van der Waals surface area contributed by atoms with E-state index in [2.05, 4.69) is 39.6 Å². The van der Waals surface area contributed by atoms with Crippen molar-refractivity contribution >= 4 is 5.78 Å². The third kappa shape index (κ3) is 1.69. The van der Waals surface area contributed by atoms with Gasteiger partial charge in [-0.1, -0.05) is 0 Å². The molecule has 0 saturated carbocycles. The number of hydrogen-bond acceptors (Lipinski definition) is 4. The number of piperidine rings is 1. The fourth-order valence-corrected chi connectivity index (χ4v) is 2.96. The van der Waals surface area contributed by atoms with E-state index in [1.54, 1.807) is 0 Å². The molecule has 0 radical (unpaired) electrons. The Morgan fingerprint density at radius 1 is 1.06 bits per heavy atom. The Bertz CT molecular complexity index is 260. The maximum absolute atomic E-state index is 12.4. The lowest BCUT2D eigenvalue weighted by molar-refractivity contribution is -0.150. The van der Waals surface area contributed by atoms with Crippen molar-refractivity contribution in [2.45, 2.75) is 38.8 Å². The zero-order valence-electron chi connectivity index (χ0n) is 11.1. The maximum atomic E-state index is 12.4. The van der Waals surface area contributed by atoms with Crippen molar-refractivity contribution in [1.82, 2.24) is 4.90 Å². The van der Waals surface area contributed by atoms with E-state index < -0.39 is 0 Å². The number of hydrogen-bond donors (Lipinski definition) is 2. The van der Waals surface area contributed by atoms with Gasteiger partial charge in [0.1, 0.15) is 5.78 Å². The number of nitrogens with two attached hydrogens (primary N) is 2. The maximum Gasteiger partial charge on any atom is 0.145 e. The molecule has 0 amide bonds. The van der Waals surface area contributed by atoms with E-state index in [1.807, 2.05) is 0 Å². The molecule has 1 aliphatic heterocycles. The van der Waals surface area contributed by atoms with Crippen LogP contribution >= 0.6 is 0 Å². The zero-order chi connectivity index (χ0) is 12.7. The summed E-state index contributed by atoms with van der Waals surface area (Å²) in [6.45, 7) is 9.10. The van der Waals surface area contributed by atoms with Crippen molar-refractivity contribution < 1.29 is 4.79 Å². The molecule has 4 nitrogen and oxygen atoms in total. The molecule has 0 aromatic heterocycles. The van der Waals surface area contributed by atoms with Crippen LogP contribution in [0.5, 0.6) is 0 Å². The molecule has 2 unspecified atom stereocenters. The van der Waals surface area contributed by atoms with Crippen LogP contribution in [0.3, 0.4) is 0 Å². The third-order valence-electron chi connectivity index (χ3n) is 4.59. The molecule has 1 heterocycles. The summed E-state index contributed by atoms with van der Waals surface area (Å²) in [6, 6.07) is 0. The Kier molecular flexibility index (Phi) is 3.48. The van der Waals surface area contributed by atoms with Crippen LogP contribution in [0.15, 0.2) is 0 Å². The van der Waals surface area contributed by atoms with Crippen LogP contribution in [0.1, 0.15) is 27.7 Å². The summed E-state index contributed by atoms with van der Waals surface area (Å²) in [5.74, 6) is -0.0313. The molecule has 1 saturated heterocycles. The molecule has 1 rings (SSSR count). The van der Waals surface area contributed by atoms with Crippen LogP contribution in [0, 0.1) is 11.8 Å². The van der Waals surface area contributed by atoms with Crippen LogP contribution in [0.2, 0.25) is 0 Å². The topological polar surface area (TPSA) is 72.3 Å². The lowest BCUT2D eigenvalue weighted by atomic mass is 9.66. The molecule has 0 aromatic carbocycles. The average molecular weight is 227 g/mol. The van der Waals surface area contributed by atoms with Gasteiger partial charge in [0.05, 0.1) is 0 Å². The van der Waals surface area contributed by atoms with Gasteiger partial charge in [-0.2, -0.15) is 0 Å². The van der Waals surface area contributed by atoms with Crippen molar-refractivity contribution in [3.8, 4) is 0 Å². The van der Waals surface area contributed by atoms with Crippen LogP contribution in [0.4, 0.5) is 0 Å². The van der Waals surface area contributed by atoms with Gasteiger partial charge in [-0.25, -0.2) is 0 Å². The molecule has 0 bridgehead atoms. The second-order valence-corrected chi connectivity index (χ2v) is 5.85. The minimum atomic E-state index is -0.207. The Balaban J connectivity index is 3.20. The predicted molar refractivity (Wildman–Crippen MR) is 66.0 cm³/mol. The first-order valence-electron chi connectivity index (χ1n) is 5.89. The van der Waals surface area contributed by atoms with Gasteiger partial charge in [0, 0.05) is 36.0 Å². The fourth-order valence-electron chi connectivity index (χ4n) is 2.96. The quantitative estimate of drug-likeness (QED) is 0.707. The van der Waals surface area contributed by atoms with Crippen molar-refractivity contribution in [2.24, 2.45) is 23.3 Å². The average Bonchev–Trinajstić information content (AvgIpc) is 2.16. The van der Waals surface area contributed by atoms with Gasteiger partial charge in [-0.05, 0) is 34.7 Å². The minimum Gasteiger partial charge on any atom is -0.330 e. The minimum absolute atomic E-state index is 0.126. The smallest absolute Gasteiger partial charge is 0.145 e. The van der Waals surface area contributed by atoms with Crippen molar-refractivity contribution in [2.75, 3.05) is 20.1 Å². The highest BCUT2D eigenvalue weighted by atomic mass is 16.1. The fraction of sp³-hybridized carbons (Fsp3) is 0.917. The van der Waals surface area contributed by atoms with Crippen LogP contribution in [0.25, 0.3) is 0 Å². The number of ketones is 1. The highest BCUT2D eigenvalue weighted by Crippen LogP contribution is 2.41. The van der Waals surface area contributed by atoms with Crippen LogP contribution in [-0.4, -0.2) is 41.9 Å². The lowest BCUT2D eigenvalue weighted by Gasteiger charge is -2.57. The van der Waals surface area contributed by atoms with E-state index in [4.69, 9.17) is 11.5 Å². The SMILES string of the molecule is CN1C(C)(C)C(CN)C(=O)C(CN)C1(C)C. The molecule has 16 heavy (non-hydrogen) atoms. The molecule has 94 valence electrons. The monoisotopic (exact) mass is 227 g/mol. The molecule has 0 aromatic rings. The van der Waals surface area contributed by atoms with E-state index in [0.717, 1.165) is 0 Å². The van der Waals surface area contributed by atoms with E-state index >= 15 is 0 Å². The summed E-state index contributed by atoms with van der Waals surface area (Å²) in [7, 11) is 2.05. The number of nitrogens with zero attached hydrogens (tertiary/aromatic N) is 1. The summed E-state index contributed by atoms with van der Waals surface area (Å²) in [6.07, 6.45) is 0. The largest absolute Gasteiger partial charge is 0.330 e. The van der Waals surface area contributed by atoms with Gasteiger partial charge in [0.2, 0.25) is 0 Å². The van der Waals surface area contributed by atoms with E-state index in [9.17, 15) is 4.79 Å². The number of likely N-dealkylation sites (tertiary alicyclic amines) is 1. The van der Waals surface area contributed by atoms with Gasteiger partial charge in [-0.3, -0.25) is 9.69 Å². The second-order valence-electron chi connectivity index (χ2n) is 5.85. The molecule has 1 fully saturated rings. The first-order valence-corrected chi connectivity index (χ1v) is 5.89. The summed E-state index contributed by atoms with van der Waals surface area (Å²) in [5.41, 5.74) is 11.1. The number of rotatable bonds is 2. The molecular weight excluding hydrogens is 202 g/mol. The molecule has 0 aliphatic carbocycles. The molecule has 1 aliphatic rings. The van der Waals surface area contributed by atoms with Gasteiger partial charge in [-0.15, -0.1) is 0 Å². The summed E-state index contributed by atoms with van der Waals surface area (Å²) < 4.78 is 0. The van der Waals surface area contributed by atoms with E-state index in [1.165, 1.54) is 0 Å². The molecule has 4 heteroatoms. The van der Waals surface area contributed by atoms with Crippen LogP contribution in [-0.2, 0) is 4.79 Å². The first-order chi connectivity index (χ1) is 7.21. The van der Waals surface area contributed by atoms with Crippen molar-refractivity contribution in [3.63, 3.8) is 0 Å². The zero-order valence-corrected chi connectivity index (χ0v) is 11.1. The first kappa shape index (κ1) is 13.6. The Labute approximate surface area is 98.3 Å². The second kappa shape index (κ2) is 4.09. The van der Waals surface area contributed by atoms with Gasteiger partial charge < -0.3 is 11.5 Å². The van der Waals surface area contributed by atoms with Gasteiger partial charge >= 0.3 is 0 Å². The highest BCUT2D eigenvalue weighted by molar-refractivity contribution is 5.87. The number of carbonyl (C=O) groups is 1. The number of carbonyl (C=O) groups excluding carboxylic acids is 1. The lowest BCUT2D eigenvalue weighted by Crippen LogP contribution is -2.70. The molecule has 4 N–H and O–H groups in total. The molecule has 2 atom stereocenters. The summed E-state index contributed by atoms with van der Waals surface area (Å²) in [4.78, 5) is 14.6. The normalized spacial score (nSPS) is 34.1. The van der Waals surface area contributed by atoms with E-state index in [0.29, 0.717) is 13.1 Å².